The Kier molecular flexibility index (Phi) is 12.9. The van der Waals surface area contributed by atoms with E-state index < -0.39 is 8.07 Å². The number of anilines is 1. The van der Waals surface area contributed by atoms with Crippen molar-refractivity contribution in [2.45, 2.75) is 52.9 Å². The van der Waals surface area contributed by atoms with Gasteiger partial charge in [0.2, 0.25) is 11.8 Å². The number of rotatable bonds is 16. The molecule has 2 aliphatic rings. The third-order valence-electron chi connectivity index (χ3n) is 11.2. The fourth-order valence-electron chi connectivity index (χ4n) is 8.01. The predicted molar refractivity (Wildman–Crippen MR) is 244 cm³/mol. The lowest BCUT2D eigenvalue weighted by Crippen LogP contribution is -2.49. The van der Waals surface area contributed by atoms with Crippen LogP contribution >= 0.6 is 0 Å². The standard InChI is InChI=1S/C48H58N6O2Si/c1-31(2)47(55)52-24-12-22-50-29-42-36-14-10-11-15-37(36)43(30-51-23-13-25-53-48(56)32(3)4)41-26-33(16-19-38(41)42)46-39-20-17-34(49-5)27-44(39)57(8,9)45-28-35(54(6)7)18-21-40(45)46/h10-11,14-21,26-28,50-51H,1,3,12-13,22-25,29-30H2,2,4-9H3,(H,52,55)(H,53,56). The Morgan fingerprint density at radius 3 is 1.88 bits per heavy atom. The molecule has 0 bridgehead atoms. The minimum Gasteiger partial charge on any atom is -0.378 e. The predicted octanol–water partition coefficient (Wildman–Crippen LogP) is 7.24. The number of nitrogens with one attached hydrogen (secondary N) is 4. The second-order valence-corrected chi connectivity index (χ2v) is 20.3. The maximum Gasteiger partial charge on any atom is 0.246 e. The van der Waals surface area contributed by atoms with Crippen molar-refractivity contribution in [3.05, 3.63) is 136 Å². The zero-order valence-electron chi connectivity index (χ0n) is 34.8. The first-order chi connectivity index (χ1) is 27.3. The largest absolute Gasteiger partial charge is 0.378 e. The van der Waals surface area contributed by atoms with Gasteiger partial charge in [-0.25, -0.2) is 0 Å². The van der Waals surface area contributed by atoms with E-state index in [0.717, 1.165) is 31.6 Å². The summed E-state index contributed by atoms with van der Waals surface area (Å²) in [7, 11) is 3.99. The fraction of sp³-hybridized carbons (Fsp3) is 0.312. The molecule has 1 heterocycles. The highest BCUT2D eigenvalue weighted by Crippen LogP contribution is 2.43. The molecule has 6 rings (SSSR count). The van der Waals surface area contributed by atoms with Gasteiger partial charge in [-0.15, -0.1) is 0 Å². The van der Waals surface area contributed by atoms with Crippen molar-refractivity contribution < 1.29 is 9.59 Å². The summed E-state index contributed by atoms with van der Waals surface area (Å²) in [4.78, 5) is 30.9. The van der Waals surface area contributed by atoms with Crippen LogP contribution in [0.5, 0.6) is 0 Å². The molecule has 0 saturated heterocycles. The number of amides is 2. The molecule has 4 aromatic rings. The first kappa shape index (κ1) is 41.3. The SMILES string of the molecule is C=C(C)C(=O)NCCCNCc1c2ccccc2c(CNCCCNC(=O)C(=C)C)c2cc(C3=C4C=CC(=NC)C=C4[Si](C)(C)c4cc(N(C)C)ccc43)ccc12. The molecule has 0 fully saturated rings. The van der Waals surface area contributed by atoms with E-state index in [-0.39, 0.29) is 11.8 Å². The molecule has 0 unspecified atom stereocenters. The zero-order chi connectivity index (χ0) is 40.9. The third-order valence-corrected chi connectivity index (χ3v) is 14.7. The molecular formula is C48H58N6O2Si. The number of hydrogen-bond donors (Lipinski definition) is 4. The van der Waals surface area contributed by atoms with Crippen molar-refractivity contribution in [1.82, 2.24) is 21.3 Å². The molecule has 4 N–H and O–H groups in total. The minimum absolute atomic E-state index is 0.102. The van der Waals surface area contributed by atoms with Crippen molar-refractivity contribution >= 4 is 63.6 Å². The monoisotopic (exact) mass is 778 g/mol. The second-order valence-electron chi connectivity index (χ2n) is 16.0. The highest BCUT2D eigenvalue weighted by Gasteiger charge is 2.39. The lowest BCUT2D eigenvalue weighted by Gasteiger charge is -2.38. The summed E-state index contributed by atoms with van der Waals surface area (Å²) in [5.74, 6) is -0.206. The van der Waals surface area contributed by atoms with Crippen molar-refractivity contribution in [3.63, 3.8) is 0 Å². The van der Waals surface area contributed by atoms with Gasteiger partial charge >= 0.3 is 0 Å². The van der Waals surface area contributed by atoms with Gasteiger partial charge in [0.05, 0.1) is 5.71 Å². The van der Waals surface area contributed by atoms with Crippen LogP contribution in [0.3, 0.4) is 0 Å². The van der Waals surface area contributed by atoms with Gasteiger partial charge in [0.15, 0.2) is 0 Å². The quantitative estimate of drug-likeness (QED) is 0.0417. The summed E-state index contributed by atoms with van der Waals surface area (Å²) < 4.78 is 0. The second kappa shape index (κ2) is 17.8. The molecule has 0 atom stereocenters. The summed E-state index contributed by atoms with van der Waals surface area (Å²) in [5, 5.41) is 21.1. The van der Waals surface area contributed by atoms with E-state index in [1.54, 1.807) is 13.8 Å². The van der Waals surface area contributed by atoms with Crippen LogP contribution in [0, 0.1) is 0 Å². The Hall–Kier alpha value is -5.35. The number of nitrogens with zero attached hydrogens (tertiary/aromatic N) is 2. The molecule has 0 aromatic heterocycles. The topological polar surface area (TPSA) is 97.9 Å². The first-order valence-electron chi connectivity index (χ1n) is 20.0. The van der Waals surface area contributed by atoms with Crippen LogP contribution in [0.25, 0.3) is 27.1 Å². The van der Waals surface area contributed by atoms with E-state index in [2.05, 4.69) is 150 Å². The van der Waals surface area contributed by atoms with Gasteiger partial charge in [-0.2, -0.15) is 0 Å². The van der Waals surface area contributed by atoms with Crippen molar-refractivity contribution in [2.75, 3.05) is 52.2 Å². The lowest BCUT2D eigenvalue weighted by molar-refractivity contribution is -0.118. The molecule has 8 nitrogen and oxygen atoms in total. The van der Waals surface area contributed by atoms with Gasteiger partial charge in [0.1, 0.15) is 8.07 Å². The zero-order valence-corrected chi connectivity index (χ0v) is 35.8. The van der Waals surface area contributed by atoms with E-state index in [4.69, 9.17) is 0 Å². The van der Waals surface area contributed by atoms with Gasteiger partial charge < -0.3 is 26.2 Å². The van der Waals surface area contributed by atoms with Crippen molar-refractivity contribution in [2.24, 2.45) is 4.99 Å². The first-order valence-corrected chi connectivity index (χ1v) is 23.0. The van der Waals surface area contributed by atoms with Crippen LogP contribution in [0.15, 0.2) is 119 Å². The highest BCUT2D eigenvalue weighted by atomic mass is 28.3. The van der Waals surface area contributed by atoms with Crippen LogP contribution in [0.1, 0.15) is 48.9 Å². The van der Waals surface area contributed by atoms with E-state index in [0.29, 0.717) is 37.3 Å². The summed E-state index contributed by atoms with van der Waals surface area (Å²) >= 11 is 0. The Labute approximate surface area is 339 Å². The Balaban J connectivity index is 1.45. The van der Waals surface area contributed by atoms with Crippen LogP contribution in [-0.4, -0.2) is 72.9 Å². The lowest BCUT2D eigenvalue weighted by atomic mass is 9.86. The summed E-state index contributed by atoms with van der Waals surface area (Å²) in [6.45, 7) is 20.0. The van der Waals surface area contributed by atoms with Crippen LogP contribution in [0.2, 0.25) is 13.1 Å². The Morgan fingerprint density at radius 2 is 1.32 bits per heavy atom. The molecule has 1 aliphatic carbocycles. The van der Waals surface area contributed by atoms with Crippen LogP contribution in [-0.2, 0) is 22.7 Å². The Morgan fingerprint density at radius 1 is 0.737 bits per heavy atom. The highest BCUT2D eigenvalue weighted by molar-refractivity contribution is 6.98. The van der Waals surface area contributed by atoms with Crippen LogP contribution < -0.4 is 31.4 Å². The molecular weight excluding hydrogens is 721 g/mol. The maximum absolute atomic E-state index is 12.1. The molecule has 4 aromatic carbocycles. The molecule has 296 valence electrons. The van der Waals surface area contributed by atoms with Crippen molar-refractivity contribution in [1.29, 1.82) is 0 Å². The molecule has 0 saturated carbocycles. The molecule has 57 heavy (non-hydrogen) atoms. The number of fused-ring (bicyclic) bond motifs is 4. The average molecular weight is 779 g/mol. The van der Waals surface area contributed by atoms with Crippen LogP contribution in [0.4, 0.5) is 5.69 Å². The van der Waals surface area contributed by atoms with E-state index in [9.17, 15) is 9.59 Å². The van der Waals surface area contributed by atoms with Gasteiger partial charge in [-0.1, -0.05) is 74.8 Å². The number of carbonyl (C=O) groups is 2. The van der Waals surface area contributed by atoms with E-state index in [1.807, 2.05) is 7.05 Å². The van der Waals surface area contributed by atoms with Gasteiger partial charge in [-0.05, 0) is 135 Å². The number of benzene rings is 4. The number of carbonyl (C=O) groups excluding carboxylic acids is 2. The summed E-state index contributed by atoms with van der Waals surface area (Å²) in [6.07, 6.45) is 8.38. The summed E-state index contributed by atoms with van der Waals surface area (Å²) in [5.41, 5.74) is 10.8. The van der Waals surface area contributed by atoms with Gasteiger partial charge in [-0.3, -0.25) is 14.6 Å². The minimum atomic E-state index is -2.10. The van der Waals surface area contributed by atoms with Gasteiger partial charge in [0.25, 0.3) is 0 Å². The average Bonchev–Trinajstić information content (AvgIpc) is 3.20. The number of allylic oxidation sites excluding steroid dienone is 5. The molecule has 2 amide bonds. The number of aliphatic imine (C=N–C) groups is 1. The van der Waals surface area contributed by atoms with Crippen molar-refractivity contribution in [3.8, 4) is 0 Å². The fourth-order valence-corrected chi connectivity index (χ4v) is 11.1. The maximum atomic E-state index is 12.1. The smallest absolute Gasteiger partial charge is 0.246 e. The third kappa shape index (κ3) is 8.81. The summed E-state index contributed by atoms with van der Waals surface area (Å²) in [6, 6.07) is 22.8. The number of hydrogen-bond acceptors (Lipinski definition) is 6. The van der Waals surface area contributed by atoms with Gasteiger partial charge in [0, 0.05) is 64.2 Å². The van der Waals surface area contributed by atoms with E-state index in [1.165, 1.54) is 71.0 Å². The van der Waals surface area contributed by atoms with E-state index >= 15 is 0 Å². The molecule has 9 heteroatoms. The molecule has 0 radical (unpaired) electrons. The normalized spacial score (nSPS) is 15.0. The Bertz CT molecular complexity index is 2380. The molecule has 0 spiro atoms. The molecule has 1 aliphatic heterocycles.